The second kappa shape index (κ2) is 6.72. The fourth-order valence-electron chi connectivity index (χ4n) is 2.17. The lowest BCUT2D eigenvalue weighted by molar-refractivity contribution is -0.115. The first-order chi connectivity index (χ1) is 10.6. The number of carbonyl (C=O) groups excluding carboxylic acids is 1. The van der Waals surface area contributed by atoms with E-state index in [9.17, 15) is 9.00 Å². The van der Waals surface area contributed by atoms with E-state index in [1.807, 2.05) is 52.0 Å². The number of primary amides is 1. The molecule has 0 radical (unpaired) electrons. The Kier molecular flexibility index (Phi) is 5.30. The van der Waals surface area contributed by atoms with Crippen LogP contribution in [0.5, 0.6) is 0 Å². The van der Waals surface area contributed by atoms with Gasteiger partial charge in [0.2, 0.25) is 5.91 Å². The van der Waals surface area contributed by atoms with Gasteiger partial charge in [-0.05, 0) is 38.7 Å². The molecule has 6 nitrogen and oxygen atoms in total. The lowest BCUT2D eigenvalue weighted by Gasteiger charge is -2.32. The second-order valence-electron chi connectivity index (χ2n) is 6.61. The van der Waals surface area contributed by atoms with Gasteiger partial charge >= 0.3 is 7.12 Å². The van der Waals surface area contributed by atoms with Gasteiger partial charge in [-0.2, -0.15) is 0 Å². The summed E-state index contributed by atoms with van der Waals surface area (Å²) >= 11 is 0. The maximum atomic E-state index is 11.6. The Labute approximate surface area is 139 Å². The molecule has 1 fully saturated rings. The quantitative estimate of drug-likeness (QED) is 0.726. The van der Waals surface area contributed by atoms with Crippen molar-refractivity contribution >= 4 is 29.5 Å². The highest BCUT2D eigenvalue weighted by Gasteiger charge is 2.51. The van der Waals surface area contributed by atoms with Crippen molar-refractivity contribution in [2.45, 2.75) is 45.4 Å². The van der Waals surface area contributed by atoms with Gasteiger partial charge < -0.3 is 15.0 Å². The molecule has 0 bridgehead atoms. The number of nitrogens with two attached hydrogens (primary N) is 1. The van der Waals surface area contributed by atoms with Crippen LogP contribution >= 0.6 is 0 Å². The van der Waals surface area contributed by atoms with Crippen LogP contribution in [0.1, 0.15) is 33.3 Å². The van der Waals surface area contributed by atoms with Gasteiger partial charge in [-0.1, -0.05) is 24.3 Å². The van der Waals surface area contributed by atoms with Crippen molar-refractivity contribution in [2.75, 3.05) is 5.75 Å². The van der Waals surface area contributed by atoms with Crippen LogP contribution in [0, 0.1) is 0 Å². The number of carbonyl (C=O) groups is 1. The zero-order chi connectivity index (χ0) is 17.3. The predicted octanol–water partition coefficient (Wildman–Crippen LogP) is 0.224. The van der Waals surface area contributed by atoms with Crippen molar-refractivity contribution in [1.29, 1.82) is 0 Å². The van der Waals surface area contributed by atoms with Crippen molar-refractivity contribution in [3.8, 4) is 0 Å². The average molecular weight is 338 g/mol. The van der Waals surface area contributed by atoms with Crippen LogP contribution in [0.15, 0.2) is 24.3 Å². The minimum atomic E-state index is -1.47. The first-order valence-electron chi connectivity index (χ1n) is 7.45. The van der Waals surface area contributed by atoms with Crippen LogP contribution in [-0.2, 0) is 31.6 Å². The molecule has 1 aromatic carbocycles. The SMILES string of the molecule is CC1(C)OB(c2cccc(CNS(=O)CC(N)=O)c2)OC1(C)C. The molecule has 1 aliphatic heterocycles. The number of hydrogen-bond donors (Lipinski definition) is 2. The summed E-state index contributed by atoms with van der Waals surface area (Å²) in [5, 5.41) is 0. The van der Waals surface area contributed by atoms with E-state index in [4.69, 9.17) is 15.0 Å². The Balaban J connectivity index is 2.04. The average Bonchev–Trinajstić information content (AvgIpc) is 2.65. The van der Waals surface area contributed by atoms with Gasteiger partial charge in [0, 0.05) is 6.54 Å². The predicted molar refractivity (Wildman–Crippen MR) is 91.2 cm³/mol. The van der Waals surface area contributed by atoms with Gasteiger partial charge in [0.15, 0.2) is 0 Å². The lowest BCUT2D eigenvalue weighted by atomic mass is 9.78. The van der Waals surface area contributed by atoms with Crippen molar-refractivity contribution in [1.82, 2.24) is 4.72 Å². The standard InChI is InChI=1S/C15H23BN2O4S/c1-14(2)15(3,4)22-16(21-14)12-7-5-6-11(8-12)9-18-23(20)10-13(17)19/h5-8,18H,9-10H2,1-4H3,(H2,17,19). The maximum Gasteiger partial charge on any atom is 0.494 e. The monoisotopic (exact) mass is 338 g/mol. The Bertz CT molecular complexity index is 605. The van der Waals surface area contributed by atoms with Gasteiger partial charge in [-0.25, -0.2) is 8.93 Å². The third-order valence-electron chi connectivity index (χ3n) is 4.19. The van der Waals surface area contributed by atoms with E-state index >= 15 is 0 Å². The zero-order valence-corrected chi connectivity index (χ0v) is 14.7. The van der Waals surface area contributed by atoms with Gasteiger partial charge in [0.05, 0.1) is 11.2 Å². The second-order valence-corrected chi connectivity index (χ2v) is 7.88. The number of hydrogen-bond acceptors (Lipinski definition) is 4. The first-order valence-corrected chi connectivity index (χ1v) is 8.77. The molecule has 2 rings (SSSR count). The Morgan fingerprint density at radius 3 is 2.43 bits per heavy atom. The summed E-state index contributed by atoms with van der Waals surface area (Å²) in [5.74, 6) is -0.793. The van der Waals surface area contributed by atoms with Crippen molar-refractivity contribution in [3.05, 3.63) is 29.8 Å². The summed E-state index contributed by atoms with van der Waals surface area (Å²) in [6.07, 6.45) is 0. The minimum Gasteiger partial charge on any atom is -0.399 e. The van der Waals surface area contributed by atoms with Crippen LogP contribution in [-0.4, -0.2) is 34.2 Å². The summed E-state index contributed by atoms with van der Waals surface area (Å²) in [6.45, 7) is 8.39. The molecule has 1 amide bonds. The summed E-state index contributed by atoms with van der Waals surface area (Å²) in [6, 6.07) is 7.68. The minimum absolute atomic E-state index is 0.198. The molecule has 8 heteroatoms. The zero-order valence-electron chi connectivity index (χ0n) is 13.9. The molecule has 3 N–H and O–H groups in total. The number of nitrogens with one attached hydrogen (secondary N) is 1. The Morgan fingerprint density at radius 2 is 1.87 bits per heavy atom. The van der Waals surface area contributed by atoms with E-state index in [0.717, 1.165) is 11.0 Å². The number of benzene rings is 1. The molecule has 1 atom stereocenters. The van der Waals surface area contributed by atoms with Gasteiger partial charge in [-0.15, -0.1) is 0 Å². The molecular formula is C15H23BN2O4S. The molecule has 0 saturated carbocycles. The highest BCUT2D eigenvalue weighted by Crippen LogP contribution is 2.36. The normalized spacial score (nSPS) is 20.4. The molecule has 1 saturated heterocycles. The fraction of sp³-hybridized carbons (Fsp3) is 0.533. The lowest BCUT2D eigenvalue weighted by Crippen LogP contribution is -2.41. The van der Waals surface area contributed by atoms with Gasteiger partial charge in [-0.3, -0.25) is 4.79 Å². The van der Waals surface area contributed by atoms with E-state index < -0.39 is 35.2 Å². The van der Waals surface area contributed by atoms with E-state index in [0.29, 0.717) is 6.54 Å². The summed E-state index contributed by atoms with van der Waals surface area (Å²) in [7, 11) is -1.91. The van der Waals surface area contributed by atoms with E-state index in [2.05, 4.69) is 4.72 Å². The van der Waals surface area contributed by atoms with Crippen LogP contribution in [0.4, 0.5) is 0 Å². The fourth-order valence-corrected chi connectivity index (χ4v) is 2.86. The van der Waals surface area contributed by atoms with E-state index in [-0.39, 0.29) is 5.75 Å². The van der Waals surface area contributed by atoms with Crippen molar-refractivity contribution < 1.29 is 18.3 Å². The van der Waals surface area contributed by atoms with Crippen LogP contribution in [0.2, 0.25) is 0 Å². The molecule has 0 aromatic heterocycles. The maximum absolute atomic E-state index is 11.6. The highest BCUT2D eigenvalue weighted by atomic mass is 32.2. The van der Waals surface area contributed by atoms with Crippen LogP contribution in [0.25, 0.3) is 0 Å². The van der Waals surface area contributed by atoms with Crippen LogP contribution in [0.3, 0.4) is 0 Å². The highest BCUT2D eigenvalue weighted by molar-refractivity contribution is 7.83. The molecule has 23 heavy (non-hydrogen) atoms. The van der Waals surface area contributed by atoms with E-state index in [1.165, 1.54) is 0 Å². The molecule has 1 aliphatic rings. The largest absolute Gasteiger partial charge is 0.494 e. The first kappa shape index (κ1) is 18.1. The third kappa shape index (κ3) is 4.41. The van der Waals surface area contributed by atoms with Crippen LogP contribution < -0.4 is 15.9 Å². The smallest absolute Gasteiger partial charge is 0.399 e. The molecule has 126 valence electrons. The molecule has 1 unspecified atom stereocenters. The summed E-state index contributed by atoms with van der Waals surface area (Å²) < 4.78 is 26.4. The van der Waals surface area contributed by atoms with Gasteiger partial charge in [0.1, 0.15) is 16.7 Å². The number of amides is 1. The van der Waals surface area contributed by atoms with Crippen molar-refractivity contribution in [2.24, 2.45) is 5.73 Å². The summed E-state index contributed by atoms with van der Waals surface area (Å²) in [5.41, 5.74) is 6.06. The molecule has 1 aromatic rings. The Hall–Kier alpha value is -1.22. The molecule has 0 spiro atoms. The number of rotatable bonds is 6. The molecule has 1 heterocycles. The van der Waals surface area contributed by atoms with Crippen molar-refractivity contribution in [3.63, 3.8) is 0 Å². The topological polar surface area (TPSA) is 90.6 Å². The van der Waals surface area contributed by atoms with Gasteiger partial charge in [0.25, 0.3) is 0 Å². The third-order valence-corrected chi connectivity index (χ3v) is 5.20. The molecular weight excluding hydrogens is 315 g/mol. The summed E-state index contributed by atoms with van der Waals surface area (Å²) in [4.78, 5) is 10.7. The van der Waals surface area contributed by atoms with E-state index in [1.54, 1.807) is 0 Å². The Morgan fingerprint density at radius 1 is 1.26 bits per heavy atom. The molecule has 0 aliphatic carbocycles.